The van der Waals surface area contributed by atoms with Crippen LogP contribution in [0.25, 0.3) is 0 Å². The largest absolute Gasteiger partial charge is 0.479 e. The number of carbonyl (C=O) groups is 2. The van der Waals surface area contributed by atoms with Gasteiger partial charge in [0.1, 0.15) is 0 Å². The first kappa shape index (κ1) is 11.6. The quantitative estimate of drug-likeness (QED) is 0.813. The van der Waals surface area contributed by atoms with Crippen LogP contribution < -0.4 is 5.32 Å². The van der Waals surface area contributed by atoms with E-state index in [0.717, 1.165) is 12.8 Å². The number of carbonyl (C=O) groups excluding carboxylic acids is 1. The number of aliphatic carboxylic acids is 1. The first-order valence-electron chi connectivity index (χ1n) is 5.74. The lowest BCUT2D eigenvalue weighted by Crippen LogP contribution is -2.33. The van der Waals surface area contributed by atoms with Crippen LogP contribution in [0.5, 0.6) is 0 Å². The molecule has 0 spiro atoms. The van der Waals surface area contributed by atoms with Crippen molar-refractivity contribution in [1.29, 1.82) is 0 Å². The molecular weight excluding hydrogens is 218 g/mol. The fourth-order valence-electron chi connectivity index (χ4n) is 1.74. The molecule has 4 heteroatoms. The second kappa shape index (κ2) is 4.99. The molecule has 17 heavy (non-hydrogen) atoms. The Morgan fingerprint density at radius 2 is 1.94 bits per heavy atom. The third-order valence-electron chi connectivity index (χ3n) is 2.86. The molecule has 0 radical (unpaired) electrons. The first-order chi connectivity index (χ1) is 8.16. The lowest BCUT2D eigenvalue weighted by atomic mass is 10.1. The number of hydrogen-bond acceptors (Lipinski definition) is 2. The van der Waals surface area contributed by atoms with Crippen LogP contribution in [0.2, 0.25) is 0 Å². The van der Waals surface area contributed by atoms with Gasteiger partial charge in [0.25, 0.3) is 0 Å². The van der Waals surface area contributed by atoms with Crippen molar-refractivity contribution in [3.05, 3.63) is 35.9 Å². The summed E-state index contributed by atoms with van der Waals surface area (Å²) in [4.78, 5) is 22.7. The van der Waals surface area contributed by atoms with Crippen LogP contribution in [0, 0.1) is 5.92 Å². The third kappa shape index (κ3) is 3.31. The van der Waals surface area contributed by atoms with Crippen LogP contribution >= 0.6 is 0 Å². The smallest absolute Gasteiger partial charge is 0.330 e. The summed E-state index contributed by atoms with van der Waals surface area (Å²) in [6.07, 6.45) is 2.60. The van der Waals surface area contributed by atoms with Gasteiger partial charge >= 0.3 is 5.97 Å². The predicted molar refractivity (Wildman–Crippen MR) is 62.3 cm³/mol. The summed E-state index contributed by atoms with van der Waals surface area (Å²) in [5, 5.41) is 11.7. The molecule has 1 aliphatic carbocycles. The van der Waals surface area contributed by atoms with E-state index in [1.807, 2.05) is 6.07 Å². The number of benzene rings is 1. The molecule has 0 aliphatic heterocycles. The van der Waals surface area contributed by atoms with Crippen molar-refractivity contribution in [2.24, 2.45) is 5.92 Å². The molecule has 0 heterocycles. The lowest BCUT2D eigenvalue weighted by Gasteiger charge is -2.14. The predicted octanol–water partition coefficient (Wildman–Crippen LogP) is 1.73. The number of amides is 1. The fraction of sp³-hybridized carbons (Fsp3) is 0.385. The van der Waals surface area contributed by atoms with Gasteiger partial charge in [0.05, 0.1) is 0 Å². The molecule has 4 nitrogen and oxygen atoms in total. The van der Waals surface area contributed by atoms with Crippen LogP contribution in [0.4, 0.5) is 0 Å². The molecule has 1 saturated carbocycles. The van der Waals surface area contributed by atoms with Crippen molar-refractivity contribution < 1.29 is 14.7 Å². The molecular formula is C13H15NO3. The maximum atomic E-state index is 11.6. The van der Waals surface area contributed by atoms with E-state index in [4.69, 9.17) is 5.11 Å². The molecule has 0 saturated heterocycles. The van der Waals surface area contributed by atoms with Gasteiger partial charge in [-0.3, -0.25) is 4.79 Å². The van der Waals surface area contributed by atoms with Crippen LogP contribution in [0.1, 0.15) is 30.9 Å². The molecule has 2 N–H and O–H groups in total. The van der Waals surface area contributed by atoms with Crippen molar-refractivity contribution in [3.8, 4) is 0 Å². The van der Waals surface area contributed by atoms with Gasteiger partial charge in [-0.05, 0) is 24.3 Å². The molecule has 0 aromatic heterocycles. The van der Waals surface area contributed by atoms with Crippen LogP contribution in [0.15, 0.2) is 30.3 Å². The summed E-state index contributed by atoms with van der Waals surface area (Å²) in [5.74, 6) is -0.746. The Labute approximate surface area is 99.6 Å². The van der Waals surface area contributed by atoms with Gasteiger partial charge in [0.15, 0.2) is 6.04 Å². The Kier molecular flexibility index (Phi) is 3.42. The zero-order valence-corrected chi connectivity index (χ0v) is 9.43. The van der Waals surface area contributed by atoms with Crippen LogP contribution in [0.3, 0.4) is 0 Å². The first-order valence-corrected chi connectivity index (χ1v) is 5.74. The Bertz CT molecular complexity index is 412. The van der Waals surface area contributed by atoms with Crippen molar-refractivity contribution in [1.82, 2.24) is 5.32 Å². The Balaban J connectivity index is 2.02. The second-order valence-electron chi connectivity index (χ2n) is 4.40. The highest BCUT2D eigenvalue weighted by Gasteiger charge is 2.27. The normalized spacial score (nSPS) is 16.2. The number of carboxylic acids is 1. The van der Waals surface area contributed by atoms with E-state index in [2.05, 4.69) is 5.32 Å². The minimum Gasteiger partial charge on any atom is -0.479 e. The molecule has 1 aromatic rings. The summed E-state index contributed by atoms with van der Waals surface area (Å²) in [6.45, 7) is 0. The highest BCUT2D eigenvalue weighted by Crippen LogP contribution is 2.32. The Hall–Kier alpha value is -1.84. The Morgan fingerprint density at radius 3 is 2.47 bits per heavy atom. The molecule has 2 rings (SSSR count). The highest BCUT2D eigenvalue weighted by atomic mass is 16.4. The number of rotatable bonds is 5. The van der Waals surface area contributed by atoms with Crippen LogP contribution in [-0.2, 0) is 9.59 Å². The zero-order chi connectivity index (χ0) is 12.3. The SMILES string of the molecule is O=C(CC1CC1)N[C@@H](C(=O)O)c1ccccc1. The summed E-state index contributed by atoms with van der Waals surface area (Å²) in [7, 11) is 0. The lowest BCUT2D eigenvalue weighted by molar-refractivity contribution is -0.142. The molecule has 1 amide bonds. The molecule has 1 atom stereocenters. The molecule has 1 aromatic carbocycles. The fourth-order valence-corrected chi connectivity index (χ4v) is 1.74. The summed E-state index contributed by atoms with van der Waals surface area (Å²) >= 11 is 0. The van der Waals surface area contributed by atoms with Crippen LogP contribution in [-0.4, -0.2) is 17.0 Å². The molecule has 90 valence electrons. The van der Waals surface area contributed by atoms with Gasteiger partial charge in [-0.25, -0.2) is 4.79 Å². The third-order valence-corrected chi connectivity index (χ3v) is 2.86. The van der Waals surface area contributed by atoms with E-state index in [-0.39, 0.29) is 5.91 Å². The molecule has 0 unspecified atom stereocenters. The van der Waals surface area contributed by atoms with Gasteiger partial charge in [0, 0.05) is 6.42 Å². The van der Waals surface area contributed by atoms with Crippen molar-refractivity contribution in [2.45, 2.75) is 25.3 Å². The van der Waals surface area contributed by atoms with E-state index in [9.17, 15) is 9.59 Å². The highest BCUT2D eigenvalue weighted by molar-refractivity contribution is 5.84. The van der Waals surface area contributed by atoms with Gasteiger partial charge in [-0.15, -0.1) is 0 Å². The Morgan fingerprint density at radius 1 is 1.29 bits per heavy atom. The van der Waals surface area contributed by atoms with E-state index in [1.165, 1.54) is 0 Å². The maximum Gasteiger partial charge on any atom is 0.330 e. The van der Waals surface area contributed by atoms with Gasteiger partial charge in [-0.2, -0.15) is 0 Å². The van der Waals surface area contributed by atoms with E-state index >= 15 is 0 Å². The standard InChI is InChI=1S/C13H15NO3/c15-11(8-9-6-7-9)14-12(13(16)17)10-4-2-1-3-5-10/h1-5,9,12H,6-8H2,(H,14,15)(H,16,17)/t12-/m1/s1. The minimum absolute atomic E-state index is 0.177. The number of nitrogens with one attached hydrogen (secondary N) is 1. The van der Waals surface area contributed by atoms with Crippen molar-refractivity contribution in [3.63, 3.8) is 0 Å². The monoisotopic (exact) mass is 233 g/mol. The molecule has 1 fully saturated rings. The van der Waals surface area contributed by atoms with Crippen molar-refractivity contribution in [2.75, 3.05) is 0 Å². The minimum atomic E-state index is -1.03. The average molecular weight is 233 g/mol. The molecule has 0 bridgehead atoms. The molecule has 1 aliphatic rings. The number of hydrogen-bond donors (Lipinski definition) is 2. The summed E-state index contributed by atoms with van der Waals surface area (Å²) in [6, 6.07) is 7.81. The number of carboxylic acid groups (broad SMARTS) is 1. The van der Waals surface area contributed by atoms with Crippen molar-refractivity contribution >= 4 is 11.9 Å². The zero-order valence-electron chi connectivity index (χ0n) is 9.43. The van der Waals surface area contributed by atoms with Gasteiger partial charge in [0.2, 0.25) is 5.91 Å². The van der Waals surface area contributed by atoms with Gasteiger partial charge < -0.3 is 10.4 Å². The summed E-state index contributed by atoms with van der Waals surface area (Å²) < 4.78 is 0. The van der Waals surface area contributed by atoms with Gasteiger partial charge in [-0.1, -0.05) is 30.3 Å². The second-order valence-corrected chi connectivity index (χ2v) is 4.40. The van der Waals surface area contributed by atoms with E-state index in [0.29, 0.717) is 17.9 Å². The van der Waals surface area contributed by atoms with E-state index < -0.39 is 12.0 Å². The topological polar surface area (TPSA) is 66.4 Å². The van der Waals surface area contributed by atoms with E-state index in [1.54, 1.807) is 24.3 Å². The summed E-state index contributed by atoms with van der Waals surface area (Å²) in [5.41, 5.74) is 0.601. The maximum absolute atomic E-state index is 11.6. The average Bonchev–Trinajstić information content (AvgIpc) is 3.10.